The predicted octanol–water partition coefficient (Wildman–Crippen LogP) is 2.14. The summed E-state index contributed by atoms with van der Waals surface area (Å²) in [5.41, 5.74) is -0.386. The van der Waals surface area contributed by atoms with Gasteiger partial charge in [0.25, 0.3) is 11.6 Å². The molecule has 0 unspecified atom stereocenters. The highest BCUT2D eigenvalue weighted by Crippen LogP contribution is 2.24. The van der Waals surface area contributed by atoms with Gasteiger partial charge in [0.05, 0.1) is 18.6 Å². The number of amides is 1. The second kappa shape index (κ2) is 8.06. The van der Waals surface area contributed by atoms with Crippen molar-refractivity contribution in [3.05, 3.63) is 56.3 Å². The Labute approximate surface area is 141 Å². The van der Waals surface area contributed by atoms with E-state index in [0.29, 0.717) is 6.54 Å². The highest BCUT2D eigenvalue weighted by molar-refractivity contribution is 7.09. The Hall–Kier alpha value is -2.94. The zero-order valence-electron chi connectivity index (χ0n) is 12.7. The van der Waals surface area contributed by atoms with Crippen molar-refractivity contribution in [3.8, 4) is 5.75 Å². The van der Waals surface area contributed by atoms with Crippen LogP contribution < -0.4 is 10.1 Å². The Kier molecular flexibility index (Phi) is 5.85. The molecule has 8 nitrogen and oxygen atoms in total. The SMILES string of the molecule is COc1ccc([N+](=O)[O-])cc1C(=O)OCC(=O)NCc1cccs1. The molecular weight excluding hydrogens is 336 g/mol. The van der Waals surface area contributed by atoms with E-state index in [-0.39, 0.29) is 17.0 Å². The zero-order valence-corrected chi connectivity index (χ0v) is 13.5. The molecule has 0 atom stereocenters. The van der Waals surface area contributed by atoms with Gasteiger partial charge in [-0.2, -0.15) is 0 Å². The van der Waals surface area contributed by atoms with Crippen LogP contribution in [0.2, 0.25) is 0 Å². The van der Waals surface area contributed by atoms with E-state index in [4.69, 9.17) is 9.47 Å². The predicted molar refractivity (Wildman–Crippen MR) is 86.1 cm³/mol. The van der Waals surface area contributed by atoms with Gasteiger partial charge in [-0.05, 0) is 17.5 Å². The van der Waals surface area contributed by atoms with Crippen molar-refractivity contribution in [1.29, 1.82) is 0 Å². The van der Waals surface area contributed by atoms with Gasteiger partial charge in [0, 0.05) is 17.0 Å². The molecule has 1 aromatic carbocycles. The molecule has 1 amide bonds. The molecule has 1 heterocycles. The highest BCUT2D eigenvalue weighted by atomic mass is 32.1. The Bertz CT molecular complexity index is 744. The molecule has 0 bridgehead atoms. The number of hydrogen-bond donors (Lipinski definition) is 1. The summed E-state index contributed by atoms with van der Waals surface area (Å²) in [6.45, 7) is -0.149. The molecule has 24 heavy (non-hydrogen) atoms. The van der Waals surface area contributed by atoms with Crippen molar-refractivity contribution in [2.45, 2.75) is 6.54 Å². The van der Waals surface area contributed by atoms with Crippen LogP contribution in [0.15, 0.2) is 35.7 Å². The molecular formula is C15H14N2O6S. The number of carbonyl (C=O) groups is 2. The van der Waals surface area contributed by atoms with E-state index in [1.54, 1.807) is 0 Å². The van der Waals surface area contributed by atoms with Gasteiger partial charge in [-0.25, -0.2) is 4.79 Å². The summed E-state index contributed by atoms with van der Waals surface area (Å²) in [4.78, 5) is 34.8. The second-order valence-electron chi connectivity index (χ2n) is 4.57. The van der Waals surface area contributed by atoms with E-state index < -0.39 is 23.4 Å². The van der Waals surface area contributed by atoms with Gasteiger partial charge >= 0.3 is 5.97 Å². The zero-order chi connectivity index (χ0) is 17.5. The van der Waals surface area contributed by atoms with Crippen molar-refractivity contribution >= 4 is 28.9 Å². The molecule has 1 aromatic heterocycles. The number of methoxy groups -OCH3 is 1. The summed E-state index contributed by atoms with van der Waals surface area (Å²) < 4.78 is 9.87. The van der Waals surface area contributed by atoms with Gasteiger partial charge in [-0.1, -0.05) is 6.07 Å². The number of nitro benzene ring substituents is 1. The molecule has 0 spiro atoms. The van der Waals surface area contributed by atoms with Crippen LogP contribution in [0.3, 0.4) is 0 Å². The largest absolute Gasteiger partial charge is 0.496 e. The summed E-state index contributed by atoms with van der Waals surface area (Å²) in [6, 6.07) is 7.28. The van der Waals surface area contributed by atoms with Crippen LogP contribution in [0.1, 0.15) is 15.2 Å². The number of nitrogens with zero attached hydrogens (tertiary/aromatic N) is 1. The molecule has 0 aliphatic rings. The van der Waals surface area contributed by atoms with Gasteiger partial charge in [0.2, 0.25) is 0 Å². The number of thiophene rings is 1. The third-order valence-electron chi connectivity index (χ3n) is 2.99. The van der Waals surface area contributed by atoms with Crippen LogP contribution >= 0.6 is 11.3 Å². The number of nitro groups is 1. The second-order valence-corrected chi connectivity index (χ2v) is 5.61. The van der Waals surface area contributed by atoms with Gasteiger partial charge in [-0.3, -0.25) is 14.9 Å². The van der Waals surface area contributed by atoms with Crippen LogP contribution in [0.4, 0.5) is 5.69 Å². The van der Waals surface area contributed by atoms with Gasteiger partial charge < -0.3 is 14.8 Å². The third kappa shape index (κ3) is 4.53. The van der Waals surface area contributed by atoms with E-state index in [1.165, 1.54) is 30.6 Å². The number of nitrogens with one attached hydrogen (secondary N) is 1. The van der Waals surface area contributed by atoms with Crippen LogP contribution in [-0.4, -0.2) is 30.5 Å². The first-order chi connectivity index (χ1) is 11.5. The van der Waals surface area contributed by atoms with E-state index in [2.05, 4.69) is 5.32 Å². The lowest BCUT2D eigenvalue weighted by Gasteiger charge is -2.09. The summed E-state index contributed by atoms with van der Waals surface area (Å²) in [5, 5.41) is 15.3. The summed E-state index contributed by atoms with van der Waals surface area (Å²) in [5.74, 6) is -1.22. The molecule has 0 saturated heterocycles. The number of benzene rings is 1. The molecule has 0 saturated carbocycles. The Balaban J connectivity index is 1.95. The Morgan fingerprint density at radius 3 is 2.75 bits per heavy atom. The molecule has 0 radical (unpaired) electrons. The topological polar surface area (TPSA) is 108 Å². The quantitative estimate of drug-likeness (QED) is 0.466. The minimum absolute atomic E-state index is 0.113. The first-order valence-corrected chi connectivity index (χ1v) is 7.68. The minimum Gasteiger partial charge on any atom is -0.496 e. The first kappa shape index (κ1) is 17.4. The molecule has 9 heteroatoms. The van der Waals surface area contributed by atoms with Gasteiger partial charge in [-0.15, -0.1) is 11.3 Å². The monoisotopic (exact) mass is 350 g/mol. The average molecular weight is 350 g/mol. The van der Waals surface area contributed by atoms with Crippen molar-refractivity contribution in [2.24, 2.45) is 0 Å². The summed E-state index contributed by atoms with van der Waals surface area (Å²) in [6.07, 6.45) is 0. The molecule has 0 aliphatic heterocycles. The Morgan fingerprint density at radius 1 is 1.33 bits per heavy atom. The van der Waals surface area contributed by atoms with Crippen LogP contribution in [-0.2, 0) is 16.1 Å². The van der Waals surface area contributed by atoms with Crippen molar-refractivity contribution in [2.75, 3.05) is 13.7 Å². The fourth-order valence-electron chi connectivity index (χ4n) is 1.83. The number of carbonyl (C=O) groups excluding carboxylic acids is 2. The number of ether oxygens (including phenoxy) is 2. The normalized spacial score (nSPS) is 10.0. The van der Waals surface area contributed by atoms with Gasteiger partial charge in [0.1, 0.15) is 11.3 Å². The van der Waals surface area contributed by atoms with Crippen LogP contribution in [0.25, 0.3) is 0 Å². The summed E-state index contributed by atoms with van der Waals surface area (Å²) in [7, 11) is 1.33. The van der Waals surface area contributed by atoms with E-state index >= 15 is 0 Å². The lowest BCUT2D eigenvalue weighted by Crippen LogP contribution is -2.28. The van der Waals surface area contributed by atoms with Crippen molar-refractivity contribution in [1.82, 2.24) is 5.32 Å². The number of hydrogen-bond acceptors (Lipinski definition) is 7. The van der Waals surface area contributed by atoms with Crippen molar-refractivity contribution in [3.63, 3.8) is 0 Å². The Morgan fingerprint density at radius 2 is 2.12 bits per heavy atom. The fourth-order valence-corrected chi connectivity index (χ4v) is 2.47. The van der Waals surface area contributed by atoms with E-state index in [1.807, 2.05) is 17.5 Å². The lowest BCUT2D eigenvalue weighted by atomic mass is 10.2. The molecule has 2 rings (SSSR count). The van der Waals surface area contributed by atoms with Gasteiger partial charge in [0.15, 0.2) is 6.61 Å². The van der Waals surface area contributed by atoms with Crippen molar-refractivity contribution < 1.29 is 24.0 Å². The third-order valence-corrected chi connectivity index (χ3v) is 3.86. The maximum absolute atomic E-state index is 12.0. The smallest absolute Gasteiger partial charge is 0.342 e. The lowest BCUT2D eigenvalue weighted by molar-refractivity contribution is -0.384. The maximum atomic E-state index is 12.0. The molecule has 1 N–H and O–H groups in total. The van der Waals surface area contributed by atoms with Crippen LogP contribution in [0, 0.1) is 10.1 Å². The maximum Gasteiger partial charge on any atom is 0.342 e. The molecule has 126 valence electrons. The number of rotatable bonds is 7. The molecule has 2 aromatic rings. The highest BCUT2D eigenvalue weighted by Gasteiger charge is 2.19. The fraction of sp³-hybridized carbons (Fsp3) is 0.200. The van der Waals surface area contributed by atoms with E-state index in [0.717, 1.165) is 10.9 Å². The number of esters is 1. The van der Waals surface area contributed by atoms with E-state index in [9.17, 15) is 19.7 Å². The first-order valence-electron chi connectivity index (χ1n) is 6.80. The average Bonchev–Trinajstić information content (AvgIpc) is 3.10. The molecule has 0 fully saturated rings. The molecule has 0 aliphatic carbocycles. The number of non-ortho nitro benzene ring substituents is 1. The summed E-state index contributed by atoms with van der Waals surface area (Å²) >= 11 is 1.49. The van der Waals surface area contributed by atoms with Crippen LogP contribution in [0.5, 0.6) is 5.75 Å². The minimum atomic E-state index is -0.873. The standard InChI is InChI=1S/C15H14N2O6S/c1-22-13-5-4-10(17(20)21)7-12(13)15(19)23-9-14(18)16-8-11-3-2-6-24-11/h2-7H,8-9H2,1H3,(H,16,18).